The minimum absolute atomic E-state index is 0.121. The number of hydrogen-bond acceptors (Lipinski definition) is 3. The van der Waals surface area contributed by atoms with E-state index in [4.69, 9.17) is 0 Å². The van der Waals surface area contributed by atoms with E-state index in [1.807, 2.05) is 30.5 Å². The molecule has 2 aromatic rings. The summed E-state index contributed by atoms with van der Waals surface area (Å²) in [5.74, 6) is -1.26. The highest BCUT2D eigenvalue weighted by Crippen LogP contribution is 2.42. The minimum atomic E-state index is -0.721. The Labute approximate surface area is 135 Å². The lowest BCUT2D eigenvalue weighted by Crippen LogP contribution is -2.28. The van der Waals surface area contributed by atoms with Gasteiger partial charge in [0, 0.05) is 11.0 Å². The predicted molar refractivity (Wildman–Crippen MR) is 87.3 cm³/mol. The molecule has 0 aliphatic carbocycles. The fraction of sp³-hybridized carbons (Fsp3) is 0.188. The normalized spacial score (nSPS) is 18.0. The number of amides is 1. The standard InChI is InChI=1S/C16H13F2NOS2/c1-21-12-5-2-10(3-6-12)16-19(15(20)9-22-16)14-7-4-11(17)8-13(14)18/h2-8,16H,9H2,1H3/t16-/m1/s1. The molecule has 0 bridgehead atoms. The number of thioether (sulfide) groups is 2. The van der Waals surface area contributed by atoms with Crippen molar-refractivity contribution in [1.82, 2.24) is 0 Å². The molecule has 0 saturated carbocycles. The topological polar surface area (TPSA) is 20.3 Å². The number of carbonyl (C=O) groups is 1. The quantitative estimate of drug-likeness (QED) is 0.771. The molecule has 1 fully saturated rings. The van der Waals surface area contributed by atoms with Crippen molar-refractivity contribution in [2.45, 2.75) is 10.3 Å². The molecule has 1 heterocycles. The number of nitrogens with zero attached hydrogens (tertiary/aromatic N) is 1. The van der Waals surface area contributed by atoms with Gasteiger partial charge in [-0.2, -0.15) is 0 Å². The third-order valence-corrected chi connectivity index (χ3v) is 5.39. The van der Waals surface area contributed by atoms with E-state index in [0.717, 1.165) is 16.5 Å². The molecule has 1 aliphatic rings. The Morgan fingerprint density at radius 1 is 1.18 bits per heavy atom. The number of rotatable bonds is 3. The molecular formula is C16H13F2NOS2. The summed E-state index contributed by atoms with van der Waals surface area (Å²) in [4.78, 5) is 14.7. The van der Waals surface area contributed by atoms with Gasteiger partial charge < -0.3 is 0 Å². The molecule has 2 nitrogen and oxygen atoms in total. The summed E-state index contributed by atoms with van der Waals surface area (Å²) in [7, 11) is 0. The van der Waals surface area contributed by atoms with Crippen molar-refractivity contribution in [2.24, 2.45) is 0 Å². The molecule has 114 valence electrons. The van der Waals surface area contributed by atoms with Crippen molar-refractivity contribution in [3.8, 4) is 0 Å². The summed E-state index contributed by atoms with van der Waals surface area (Å²) >= 11 is 3.07. The van der Waals surface area contributed by atoms with Gasteiger partial charge in [0.05, 0.1) is 11.4 Å². The molecule has 0 aromatic heterocycles. The SMILES string of the molecule is CSc1ccc([C@H]2SCC(=O)N2c2ccc(F)cc2F)cc1. The van der Waals surface area contributed by atoms with Gasteiger partial charge in [-0.3, -0.25) is 9.69 Å². The van der Waals surface area contributed by atoms with E-state index in [9.17, 15) is 13.6 Å². The van der Waals surface area contributed by atoms with Crippen LogP contribution in [0.3, 0.4) is 0 Å². The monoisotopic (exact) mass is 337 g/mol. The fourth-order valence-corrected chi connectivity index (χ4v) is 3.95. The van der Waals surface area contributed by atoms with Crippen LogP contribution in [-0.4, -0.2) is 17.9 Å². The van der Waals surface area contributed by atoms with Crippen molar-refractivity contribution < 1.29 is 13.6 Å². The van der Waals surface area contributed by atoms with Gasteiger partial charge >= 0.3 is 0 Å². The summed E-state index contributed by atoms with van der Waals surface area (Å²) in [5, 5.41) is -0.289. The maximum Gasteiger partial charge on any atom is 0.238 e. The van der Waals surface area contributed by atoms with Gasteiger partial charge in [0.25, 0.3) is 0 Å². The Morgan fingerprint density at radius 3 is 2.55 bits per heavy atom. The van der Waals surface area contributed by atoms with Gasteiger partial charge in [0.15, 0.2) is 0 Å². The van der Waals surface area contributed by atoms with Crippen LogP contribution in [0, 0.1) is 11.6 Å². The van der Waals surface area contributed by atoms with Gasteiger partial charge in [-0.05, 0) is 36.1 Å². The van der Waals surface area contributed by atoms with Crippen LogP contribution in [0.2, 0.25) is 0 Å². The first-order valence-electron chi connectivity index (χ1n) is 6.63. The molecule has 0 spiro atoms. The number of hydrogen-bond donors (Lipinski definition) is 0. The first-order chi connectivity index (χ1) is 10.6. The second kappa shape index (κ2) is 6.30. The van der Waals surface area contributed by atoms with Crippen LogP contribution >= 0.6 is 23.5 Å². The molecule has 1 atom stereocenters. The van der Waals surface area contributed by atoms with Crippen molar-refractivity contribution in [1.29, 1.82) is 0 Å². The van der Waals surface area contributed by atoms with Gasteiger partial charge in [-0.15, -0.1) is 23.5 Å². The van der Waals surface area contributed by atoms with E-state index in [1.54, 1.807) is 11.8 Å². The average Bonchev–Trinajstić information content (AvgIpc) is 2.89. The van der Waals surface area contributed by atoms with Crippen molar-refractivity contribution >= 4 is 35.1 Å². The van der Waals surface area contributed by atoms with Gasteiger partial charge in [0.1, 0.15) is 17.0 Å². The second-order valence-electron chi connectivity index (χ2n) is 4.80. The van der Waals surface area contributed by atoms with E-state index in [1.165, 1.54) is 28.8 Å². The molecule has 0 N–H and O–H groups in total. The van der Waals surface area contributed by atoms with E-state index in [-0.39, 0.29) is 22.7 Å². The van der Waals surface area contributed by atoms with Crippen LogP contribution in [0.4, 0.5) is 14.5 Å². The molecule has 2 aromatic carbocycles. The molecule has 0 unspecified atom stereocenters. The summed E-state index contributed by atoms with van der Waals surface area (Å²) in [5.41, 5.74) is 1.05. The smallest absolute Gasteiger partial charge is 0.238 e. The van der Waals surface area contributed by atoms with Crippen LogP contribution < -0.4 is 4.90 Å². The van der Waals surface area contributed by atoms with E-state index in [2.05, 4.69) is 0 Å². The Balaban J connectivity index is 1.98. The first kappa shape index (κ1) is 15.4. The fourth-order valence-electron chi connectivity index (χ4n) is 2.38. The van der Waals surface area contributed by atoms with E-state index >= 15 is 0 Å². The van der Waals surface area contributed by atoms with Gasteiger partial charge in [-0.25, -0.2) is 8.78 Å². The Kier molecular flexibility index (Phi) is 4.40. The zero-order chi connectivity index (χ0) is 15.7. The molecule has 6 heteroatoms. The van der Waals surface area contributed by atoms with E-state index in [0.29, 0.717) is 0 Å². The number of halogens is 2. The lowest BCUT2D eigenvalue weighted by molar-refractivity contribution is -0.115. The molecule has 1 aliphatic heterocycles. The van der Waals surface area contributed by atoms with Gasteiger partial charge in [0.2, 0.25) is 5.91 Å². The zero-order valence-electron chi connectivity index (χ0n) is 11.8. The summed E-state index contributed by atoms with van der Waals surface area (Å²) in [6.07, 6.45) is 1.99. The van der Waals surface area contributed by atoms with Crippen LogP contribution in [0.25, 0.3) is 0 Å². The maximum absolute atomic E-state index is 14.0. The summed E-state index contributed by atoms with van der Waals surface area (Å²) < 4.78 is 27.1. The molecule has 22 heavy (non-hydrogen) atoms. The summed E-state index contributed by atoms with van der Waals surface area (Å²) in [6.45, 7) is 0. The van der Waals surface area contributed by atoms with Gasteiger partial charge in [-0.1, -0.05) is 12.1 Å². The van der Waals surface area contributed by atoms with Crippen LogP contribution in [0.5, 0.6) is 0 Å². The molecule has 1 amide bonds. The predicted octanol–water partition coefficient (Wildman–Crippen LogP) is 4.47. The van der Waals surface area contributed by atoms with Crippen LogP contribution in [-0.2, 0) is 4.79 Å². The zero-order valence-corrected chi connectivity index (χ0v) is 13.4. The van der Waals surface area contributed by atoms with Crippen molar-refractivity contribution in [2.75, 3.05) is 16.9 Å². The lowest BCUT2D eigenvalue weighted by atomic mass is 10.2. The Morgan fingerprint density at radius 2 is 1.91 bits per heavy atom. The minimum Gasteiger partial charge on any atom is -0.292 e. The molecular weight excluding hydrogens is 324 g/mol. The molecule has 1 saturated heterocycles. The maximum atomic E-state index is 14.0. The van der Waals surface area contributed by atoms with Crippen molar-refractivity contribution in [3.63, 3.8) is 0 Å². The van der Waals surface area contributed by atoms with E-state index < -0.39 is 11.6 Å². The first-order valence-corrected chi connectivity index (χ1v) is 8.90. The Hall–Kier alpha value is -1.53. The highest BCUT2D eigenvalue weighted by Gasteiger charge is 2.35. The molecule has 3 rings (SSSR count). The second-order valence-corrected chi connectivity index (χ2v) is 6.74. The number of anilines is 1. The third kappa shape index (κ3) is 2.85. The average molecular weight is 337 g/mol. The highest BCUT2D eigenvalue weighted by molar-refractivity contribution is 8.00. The van der Waals surface area contributed by atoms with Crippen LogP contribution in [0.1, 0.15) is 10.9 Å². The lowest BCUT2D eigenvalue weighted by Gasteiger charge is -2.24. The largest absolute Gasteiger partial charge is 0.292 e. The van der Waals surface area contributed by atoms with Crippen molar-refractivity contribution in [3.05, 3.63) is 59.7 Å². The summed E-state index contributed by atoms with van der Waals surface area (Å²) in [6, 6.07) is 11.1. The number of benzene rings is 2. The highest BCUT2D eigenvalue weighted by atomic mass is 32.2. The third-order valence-electron chi connectivity index (χ3n) is 3.44. The number of carbonyl (C=O) groups excluding carboxylic acids is 1. The van der Waals surface area contributed by atoms with Crippen LogP contribution in [0.15, 0.2) is 47.4 Å². The molecule has 0 radical (unpaired) electrons. The Bertz CT molecular complexity index is 706.